The third-order valence-electron chi connectivity index (χ3n) is 4.88. The molecule has 0 bridgehead atoms. The van der Waals surface area contributed by atoms with Crippen LogP contribution in [-0.4, -0.2) is 25.7 Å². The van der Waals surface area contributed by atoms with Crippen LogP contribution in [-0.2, 0) is 0 Å². The van der Waals surface area contributed by atoms with E-state index >= 15 is 0 Å². The minimum Gasteiger partial charge on any atom is -0.317 e. The van der Waals surface area contributed by atoms with Gasteiger partial charge >= 0.3 is 0 Å². The quantitative estimate of drug-likeness (QED) is 0.766. The molecule has 1 aliphatic carbocycles. The number of nitrogens with one attached hydrogen (secondary N) is 2. The lowest BCUT2D eigenvalue weighted by molar-refractivity contribution is 0.301. The van der Waals surface area contributed by atoms with Crippen molar-refractivity contribution in [3.8, 4) is 0 Å². The van der Waals surface area contributed by atoms with Crippen molar-refractivity contribution in [2.45, 2.75) is 52.0 Å². The summed E-state index contributed by atoms with van der Waals surface area (Å²) in [7, 11) is 0. The summed E-state index contributed by atoms with van der Waals surface area (Å²) in [6.07, 6.45) is 6.95. The molecule has 1 saturated heterocycles. The molecule has 2 N–H and O–H groups in total. The van der Waals surface area contributed by atoms with Crippen LogP contribution in [0.3, 0.4) is 0 Å². The van der Waals surface area contributed by atoms with E-state index in [-0.39, 0.29) is 0 Å². The monoisotopic (exact) mass is 224 g/mol. The molecule has 0 spiro atoms. The second-order valence-corrected chi connectivity index (χ2v) is 5.81. The van der Waals surface area contributed by atoms with Crippen LogP contribution in [0.1, 0.15) is 46.0 Å². The highest BCUT2D eigenvalue weighted by molar-refractivity contribution is 4.87. The summed E-state index contributed by atoms with van der Waals surface area (Å²) in [6.45, 7) is 8.50. The summed E-state index contributed by atoms with van der Waals surface area (Å²) in [6, 6.07) is 0.805. The van der Waals surface area contributed by atoms with Crippen molar-refractivity contribution in [2.75, 3.05) is 19.6 Å². The van der Waals surface area contributed by atoms with Gasteiger partial charge in [0.2, 0.25) is 0 Å². The molecule has 2 heteroatoms. The summed E-state index contributed by atoms with van der Waals surface area (Å²) >= 11 is 0. The smallest absolute Gasteiger partial charge is 0.00955 e. The molecule has 1 heterocycles. The van der Waals surface area contributed by atoms with Crippen molar-refractivity contribution in [3.05, 3.63) is 0 Å². The Kier molecular flexibility index (Phi) is 4.66. The Morgan fingerprint density at radius 2 is 1.88 bits per heavy atom. The van der Waals surface area contributed by atoms with E-state index in [1.807, 2.05) is 0 Å². The molecule has 2 nitrogen and oxygen atoms in total. The van der Waals surface area contributed by atoms with Gasteiger partial charge < -0.3 is 10.6 Å². The van der Waals surface area contributed by atoms with E-state index in [2.05, 4.69) is 24.5 Å². The van der Waals surface area contributed by atoms with Gasteiger partial charge in [-0.25, -0.2) is 0 Å². The minimum atomic E-state index is 0.805. The molecule has 0 aromatic carbocycles. The van der Waals surface area contributed by atoms with Gasteiger partial charge in [0, 0.05) is 6.04 Å². The van der Waals surface area contributed by atoms with Gasteiger partial charge in [-0.15, -0.1) is 0 Å². The zero-order valence-corrected chi connectivity index (χ0v) is 11.0. The first kappa shape index (κ1) is 12.4. The van der Waals surface area contributed by atoms with Crippen LogP contribution in [0.4, 0.5) is 0 Å². The fourth-order valence-corrected chi connectivity index (χ4v) is 3.52. The average molecular weight is 224 g/mol. The predicted octanol–water partition coefficient (Wildman–Crippen LogP) is 2.40. The fourth-order valence-electron chi connectivity index (χ4n) is 3.52. The van der Waals surface area contributed by atoms with Crippen molar-refractivity contribution in [1.82, 2.24) is 10.6 Å². The SMILES string of the molecule is CCC1CCC(NCC2CCNCC2)C1C. The van der Waals surface area contributed by atoms with Crippen molar-refractivity contribution in [3.63, 3.8) is 0 Å². The maximum absolute atomic E-state index is 3.84. The molecule has 0 radical (unpaired) electrons. The molecule has 2 rings (SSSR count). The molecule has 94 valence electrons. The van der Waals surface area contributed by atoms with Crippen LogP contribution in [0, 0.1) is 17.8 Å². The maximum Gasteiger partial charge on any atom is 0.00955 e. The predicted molar refractivity (Wildman–Crippen MR) is 69.6 cm³/mol. The van der Waals surface area contributed by atoms with E-state index in [9.17, 15) is 0 Å². The Hall–Kier alpha value is -0.0800. The summed E-state index contributed by atoms with van der Waals surface area (Å²) < 4.78 is 0. The Morgan fingerprint density at radius 1 is 1.12 bits per heavy atom. The van der Waals surface area contributed by atoms with E-state index in [4.69, 9.17) is 0 Å². The van der Waals surface area contributed by atoms with Gasteiger partial charge in [-0.3, -0.25) is 0 Å². The molecule has 2 aliphatic rings. The highest BCUT2D eigenvalue weighted by atomic mass is 14.9. The molecular formula is C14H28N2. The average Bonchev–Trinajstić information content (AvgIpc) is 2.69. The molecule has 16 heavy (non-hydrogen) atoms. The van der Waals surface area contributed by atoms with Crippen molar-refractivity contribution in [1.29, 1.82) is 0 Å². The third-order valence-corrected chi connectivity index (χ3v) is 4.88. The van der Waals surface area contributed by atoms with Crippen molar-refractivity contribution in [2.24, 2.45) is 17.8 Å². The van der Waals surface area contributed by atoms with Crippen LogP contribution in [0.25, 0.3) is 0 Å². The van der Waals surface area contributed by atoms with E-state index in [1.54, 1.807) is 0 Å². The van der Waals surface area contributed by atoms with Crippen LogP contribution in [0.2, 0.25) is 0 Å². The first-order chi connectivity index (χ1) is 7.81. The van der Waals surface area contributed by atoms with Gasteiger partial charge in [0.15, 0.2) is 0 Å². The zero-order valence-electron chi connectivity index (χ0n) is 11.0. The van der Waals surface area contributed by atoms with E-state index < -0.39 is 0 Å². The van der Waals surface area contributed by atoms with Crippen molar-refractivity contribution >= 4 is 0 Å². The summed E-state index contributed by atoms with van der Waals surface area (Å²) in [5.41, 5.74) is 0. The minimum absolute atomic E-state index is 0.805. The zero-order chi connectivity index (χ0) is 11.4. The van der Waals surface area contributed by atoms with Crippen LogP contribution >= 0.6 is 0 Å². The molecule has 3 unspecified atom stereocenters. The standard InChI is InChI=1S/C14H28N2/c1-3-13-4-5-14(11(13)2)16-10-12-6-8-15-9-7-12/h11-16H,3-10H2,1-2H3. The number of rotatable bonds is 4. The van der Waals surface area contributed by atoms with Gasteiger partial charge in [0.1, 0.15) is 0 Å². The Bertz CT molecular complexity index is 199. The molecule has 0 aromatic heterocycles. The second kappa shape index (κ2) is 6.02. The van der Waals surface area contributed by atoms with Gasteiger partial charge in [-0.1, -0.05) is 20.3 Å². The molecule has 1 saturated carbocycles. The summed E-state index contributed by atoms with van der Waals surface area (Å²) in [5, 5.41) is 7.28. The second-order valence-electron chi connectivity index (χ2n) is 5.81. The summed E-state index contributed by atoms with van der Waals surface area (Å²) in [5.74, 6) is 2.80. The van der Waals surface area contributed by atoms with Gasteiger partial charge in [-0.05, 0) is 63.1 Å². The number of piperidine rings is 1. The Balaban J connectivity index is 1.69. The van der Waals surface area contributed by atoms with Crippen LogP contribution < -0.4 is 10.6 Å². The first-order valence-corrected chi connectivity index (χ1v) is 7.25. The third kappa shape index (κ3) is 2.98. The van der Waals surface area contributed by atoms with Gasteiger partial charge in [0.25, 0.3) is 0 Å². The van der Waals surface area contributed by atoms with Crippen LogP contribution in [0.5, 0.6) is 0 Å². The lowest BCUT2D eigenvalue weighted by Crippen LogP contribution is -2.39. The van der Waals surface area contributed by atoms with E-state index in [1.165, 1.54) is 51.7 Å². The molecule has 2 fully saturated rings. The van der Waals surface area contributed by atoms with Crippen LogP contribution in [0.15, 0.2) is 0 Å². The number of hydrogen-bond acceptors (Lipinski definition) is 2. The molecule has 0 amide bonds. The topological polar surface area (TPSA) is 24.1 Å². The normalized spacial score (nSPS) is 36.8. The largest absolute Gasteiger partial charge is 0.317 e. The first-order valence-electron chi connectivity index (χ1n) is 7.25. The fraction of sp³-hybridized carbons (Fsp3) is 1.00. The Morgan fingerprint density at radius 3 is 2.50 bits per heavy atom. The lowest BCUT2D eigenvalue weighted by atomic mass is 9.92. The number of hydrogen-bond donors (Lipinski definition) is 2. The lowest BCUT2D eigenvalue weighted by Gasteiger charge is -2.27. The van der Waals surface area contributed by atoms with Gasteiger partial charge in [0.05, 0.1) is 0 Å². The highest BCUT2D eigenvalue weighted by Gasteiger charge is 2.31. The van der Waals surface area contributed by atoms with Crippen molar-refractivity contribution < 1.29 is 0 Å². The summed E-state index contributed by atoms with van der Waals surface area (Å²) in [4.78, 5) is 0. The molecular weight excluding hydrogens is 196 g/mol. The van der Waals surface area contributed by atoms with E-state index in [0.717, 1.165) is 23.8 Å². The molecule has 1 aliphatic heterocycles. The highest BCUT2D eigenvalue weighted by Crippen LogP contribution is 2.33. The van der Waals surface area contributed by atoms with E-state index in [0.29, 0.717) is 0 Å². The molecule has 0 aromatic rings. The Labute approximate surface area is 101 Å². The van der Waals surface area contributed by atoms with Gasteiger partial charge in [-0.2, -0.15) is 0 Å². The maximum atomic E-state index is 3.84. The molecule has 3 atom stereocenters.